The van der Waals surface area contributed by atoms with Crippen LogP contribution >= 0.6 is 0 Å². The van der Waals surface area contributed by atoms with E-state index in [0.29, 0.717) is 0 Å². The molecule has 1 atom stereocenters. The van der Waals surface area contributed by atoms with Crippen LogP contribution in [-0.2, 0) is 0 Å². The molecular formula is C8H14Sn. The summed E-state index contributed by atoms with van der Waals surface area (Å²) in [4.78, 5) is 0. The van der Waals surface area contributed by atoms with E-state index in [1.165, 1.54) is 5.57 Å². The topological polar surface area (TPSA) is 0 Å². The summed E-state index contributed by atoms with van der Waals surface area (Å²) in [5.74, 6) is 0. The van der Waals surface area contributed by atoms with Gasteiger partial charge in [0.05, 0.1) is 0 Å². The van der Waals surface area contributed by atoms with E-state index in [2.05, 4.69) is 26.8 Å². The van der Waals surface area contributed by atoms with Crippen LogP contribution in [0.4, 0.5) is 0 Å². The zero-order chi connectivity index (χ0) is 7.02. The molecule has 0 saturated carbocycles. The Balaban J connectivity index is 2.97. The molecule has 0 bridgehead atoms. The fourth-order valence-electron chi connectivity index (χ4n) is 1.28. The van der Waals surface area contributed by atoms with Crippen molar-refractivity contribution in [1.82, 2.24) is 0 Å². The molecule has 0 nitrogen and oxygen atoms in total. The molecule has 9 heavy (non-hydrogen) atoms. The van der Waals surface area contributed by atoms with Crippen molar-refractivity contribution in [3.63, 3.8) is 0 Å². The summed E-state index contributed by atoms with van der Waals surface area (Å²) in [6.07, 6.45) is 2.42. The van der Waals surface area contributed by atoms with Gasteiger partial charge in [-0.25, -0.2) is 0 Å². The van der Waals surface area contributed by atoms with E-state index in [0.717, 1.165) is 26.5 Å². The van der Waals surface area contributed by atoms with E-state index in [4.69, 9.17) is 0 Å². The van der Waals surface area contributed by atoms with Crippen molar-refractivity contribution in [3.05, 3.63) is 22.8 Å². The van der Waals surface area contributed by atoms with Gasteiger partial charge in [0, 0.05) is 0 Å². The Morgan fingerprint density at radius 2 is 1.89 bits per heavy atom. The number of allylic oxidation sites excluding steroid dienone is 4. The molecule has 0 radical (unpaired) electrons. The molecule has 1 aliphatic carbocycles. The van der Waals surface area contributed by atoms with Crippen molar-refractivity contribution in [1.29, 1.82) is 0 Å². The summed E-state index contributed by atoms with van der Waals surface area (Å²) in [7, 11) is 0. The standard InChI is InChI=1S/C8H11.Sn.3H/c1-6-4-5-7(2)8(6)3;;;;/h4-5H,1-3H3;;;;. The first-order chi connectivity index (χ1) is 4.13. The maximum atomic E-state index is 2.42. The molecule has 0 aromatic heterocycles. The average Bonchev–Trinajstić information content (AvgIpc) is 1.98. The molecular weight excluding hydrogens is 215 g/mol. The normalized spacial score (nSPS) is 27.4. The van der Waals surface area contributed by atoms with E-state index in [9.17, 15) is 0 Å². The molecule has 0 aromatic rings. The van der Waals surface area contributed by atoms with Gasteiger partial charge >= 0.3 is 70.0 Å². The van der Waals surface area contributed by atoms with Crippen molar-refractivity contribution >= 4 is 22.5 Å². The molecule has 0 aliphatic heterocycles. The molecule has 0 heterocycles. The summed E-state index contributed by atoms with van der Waals surface area (Å²) in [5, 5.41) is 0. The van der Waals surface area contributed by atoms with Crippen LogP contribution in [0.5, 0.6) is 0 Å². The van der Waals surface area contributed by atoms with Crippen LogP contribution in [-0.4, -0.2) is 22.5 Å². The summed E-state index contributed by atoms with van der Waals surface area (Å²) in [6, 6.07) is 0. The summed E-state index contributed by atoms with van der Waals surface area (Å²) >= 11 is 0.784. The van der Waals surface area contributed by atoms with E-state index in [1.54, 1.807) is 11.1 Å². The fourth-order valence-corrected chi connectivity index (χ4v) is 3.94. The fraction of sp³-hybridized carbons (Fsp3) is 0.500. The summed E-state index contributed by atoms with van der Waals surface area (Å²) < 4.78 is 0.895. The summed E-state index contributed by atoms with van der Waals surface area (Å²) in [6.45, 7) is 6.72. The second-order valence-electron chi connectivity index (χ2n) is 2.95. The Bertz CT molecular complexity index is 187. The Hall–Kier alpha value is 0.279. The third kappa shape index (κ3) is 1.23. The van der Waals surface area contributed by atoms with Gasteiger partial charge in [-0.3, -0.25) is 0 Å². The molecule has 50 valence electrons. The SMILES string of the molecule is CC1=C[CH]([SnH3])C(C)=C1C. The summed E-state index contributed by atoms with van der Waals surface area (Å²) in [5.41, 5.74) is 4.68. The van der Waals surface area contributed by atoms with Crippen molar-refractivity contribution < 1.29 is 0 Å². The molecule has 0 amide bonds. The van der Waals surface area contributed by atoms with Crippen molar-refractivity contribution in [2.45, 2.75) is 24.7 Å². The van der Waals surface area contributed by atoms with E-state index in [-0.39, 0.29) is 0 Å². The molecule has 0 fully saturated rings. The maximum absolute atomic E-state index is 2.42. The third-order valence-corrected chi connectivity index (χ3v) is 5.79. The van der Waals surface area contributed by atoms with Crippen molar-refractivity contribution in [3.8, 4) is 0 Å². The van der Waals surface area contributed by atoms with Crippen LogP contribution in [0.1, 0.15) is 20.8 Å². The first kappa shape index (κ1) is 7.39. The van der Waals surface area contributed by atoms with Gasteiger partial charge in [-0.05, 0) is 0 Å². The molecule has 0 N–H and O–H groups in total. The van der Waals surface area contributed by atoms with Gasteiger partial charge in [-0.2, -0.15) is 0 Å². The molecule has 0 spiro atoms. The van der Waals surface area contributed by atoms with E-state index >= 15 is 0 Å². The zero-order valence-corrected chi connectivity index (χ0v) is 12.4. The van der Waals surface area contributed by atoms with Crippen molar-refractivity contribution in [2.75, 3.05) is 0 Å². The molecule has 0 saturated heterocycles. The number of hydrogen-bond acceptors (Lipinski definition) is 0. The van der Waals surface area contributed by atoms with Crippen LogP contribution in [0.15, 0.2) is 22.8 Å². The second-order valence-corrected chi connectivity index (χ2v) is 6.50. The predicted octanol–water partition coefficient (Wildman–Crippen LogP) is 1.44. The number of hydrogen-bond donors (Lipinski definition) is 0. The monoisotopic (exact) mass is 230 g/mol. The van der Waals surface area contributed by atoms with Crippen molar-refractivity contribution in [2.24, 2.45) is 0 Å². The molecule has 0 aromatic carbocycles. The minimum atomic E-state index is 0.784. The van der Waals surface area contributed by atoms with Gasteiger partial charge in [0.1, 0.15) is 0 Å². The van der Waals surface area contributed by atoms with Gasteiger partial charge in [0.2, 0.25) is 0 Å². The Morgan fingerprint density at radius 3 is 2.00 bits per heavy atom. The van der Waals surface area contributed by atoms with Crippen LogP contribution in [0.25, 0.3) is 0 Å². The second kappa shape index (κ2) is 2.49. The Kier molecular flexibility index (Phi) is 2.04. The van der Waals surface area contributed by atoms with Gasteiger partial charge < -0.3 is 0 Å². The van der Waals surface area contributed by atoms with Crippen LogP contribution in [0.2, 0.25) is 3.93 Å². The Labute approximate surface area is 70.1 Å². The van der Waals surface area contributed by atoms with E-state index in [1.807, 2.05) is 0 Å². The van der Waals surface area contributed by atoms with Crippen LogP contribution in [0, 0.1) is 0 Å². The first-order valence-corrected chi connectivity index (χ1v) is 6.78. The molecule has 1 heteroatoms. The van der Waals surface area contributed by atoms with Gasteiger partial charge in [0.15, 0.2) is 0 Å². The molecule has 1 rings (SSSR count). The van der Waals surface area contributed by atoms with Gasteiger partial charge in [0.25, 0.3) is 0 Å². The van der Waals surface area contributed by atoms with E-state index < -0.39 is 0 Å². The predicted molar refractivity (Wildman–Crippen MR) is 45.8 cm³/mol. The number of rotatable bonds is 0. The zero-order valence-electron chi connectivity index (χ0n) is 6.65. The van der Waals surface area contributed by atoms with Crippen LogP contribution in [0.3, 0.4) is 0 Å². The molecule has 1 aliphatic rings. The van der Waals surface area contributed by atoms with Gasteiger partial charge in [-0.1, -0.05) is 0 Å². The quantitative estimate of drug-likeness (QED) is 0.551. The minimum absolute atomic E-state index is 0.784. The molecule has 1 unspecified atom stereocenters. The third-order valence-electron chi connectivity index (χ3n) is 2.37. The van der Waals surface area contributed by atoms with Crippen LogP contribution < -0.4 is 0 Å². The first-order valence-electron chi connectivity index (χ1n) is 3.49. The van der Waals surface area contributed by atoms with Gasteiger partial charge in [-0.15, -0.1) is 0 Å². The average molecular weight is 229 g/mol. The Morgan fingerprint density at radius 1 is 1.33 bits per heavy atom.